The number of hydrogen-bond donors (Lipinski definition) is 0. The summed E-state index contributed by atoms with van der Waals surface area (Å²) in [5.74, 6) is 0.468. The lowest BCUT2D eigenvalue weighted by molar-refractivity contribution is -0.00694. The highest BCUT2D eigenvalue weighted by Crippen LogP contribution is 2.35. The Hall–Kier alpha value is -1.36. The molecule has 1 aromatic rings. The zero-order valence-corrected chi connectivity index (χ0v) is 14.7. The number of likely N-dealkylation sites (tertiary alicyclic amines) is 1. The van der Waals surface area contributed by atoms with Crippen LogP contribution < -0.4 is 0 Å². The Labute approximate surface area is 139 Å². The average Bonchev–Trinajstić information content (AvgIpc) is 3.11. The Morgan fingerprint density at radius 2 is 2.09 bits per heavy atom. The Balaban J connectivity index is 1.75. The summed E-state index contributed by atoms with van der Waals surface area (Å²) in [4.78, 5) is 15.0. The second-order valence-corrected chi connectivity index (χ2v) is 7.21. The van der Waals surface area contributed by atoms with Gasteiger partial charge in [-0.05, 0) is 51.0 Å². The number of rotatable bonds is 3. The van der Waals surface area contributed by atoms with Crippen molar-refractivity contribution in [2.24, 2.45) is 0 Å². The van der Waals surface area contributed by atoms with Crippen molar-refractivity contribution in [2.75, 3.05) is 19.7 Å². The van der Waals surface area contributed by atoms with E-state index in [9.17, 15) is 4.79 Å². The van der Waals surface area contributed by atoms with E-state index < -0.39 is 0 Å². The first kappa shape index (κ1) is 16.5. The van der Waals surface area contributed by atoms with Crippen molar-refractivity contribution in [3.8, 4) is 0 Å². The fraction of sp³-hybridized carbons (Fsp3) is 0.778. The highest BCUT2D eigenvalue weighted by molar-refractivity contribution is 5.92. The van der Waals surface area contributed by atoms with Crippen LogP contribution in [0.5, 0.6) is 0 Å². The third kappa shape index (κ3) is 3.30. The van der Waals surface area contributed by atoms with Crippen LogP contribution in [0.1, 0.15) is 75.0 Å². The third-order valence-electron chi connectivity index (χ3n) is 5.28. The number of ether oxygens (including phenoxy) is 1. The molecule has 2 saturated heterocycles. The summed E-state index contributed by atoms with van der Waals surface area (Å²) in [6, 6.07) is 1.98. The summed E-state index contributed by atoms with van der Waals surface area (Å²) in [6.07, 6.45) is 5.40. The van der Waals surface area contributed by atoms with Crippen LogP contribution in [0.25, 0.3) is 0 Å². The monoisotopic (exact) mass is 319 g/mol. The smallest absolute Gasteiger partial charge is 0.272 e. The van der Waals surface area contributed by atoms with Crippen LogP contribution in [0.4, 0.5) is 0 Å². The minimum atomic E-state index is 0.0448. The zero-order valence-electron chi connectivity index (χ0n) is 14.7. The fourth-order valence-electron chi connectivity index (χ4n) is 3.81. The Bertz CT molecular complexity index is 559. The average molecular weight is 319 g/mol. The topological polar surface area (TPSA) is 47.4 Å². The first-order valence-electron chi connectivity index (χ1n) is 9.05. The van der Waals surface area contributed by atoms with Crippen LogP contribution in [0.3, 0.4) is 0 Å². The van der Waals surface area contributed by atoms with E-state index in [1.807, 2.05) is 22.6 Å². The van der Waals surface area contributed by atoms with Crippen molar-refractivity contribution in [1.29, 1.82) is 0 Å². The Morgan fingerprint density at radius 1 is 1.30 bits per heavy atom. The molecule has 1 spiro atoms. The molecule has 0 saturated carbocycles. The molecule has 2 fully saturated rings. The standard InChI is InChI=1S/C18H29N3O2/c1-4-21-16(13-15(19-21)14(2)3)17(22)20-10-5-7-18(9-11-20)8-6-12-23-18/h13-14H,4-12H2,1-3H3/t18-/m0/s1. The summed E-state index contributed by atoms with van der Waals surface area (Å²) >= 11 is 0. The lowest BCUT2D eigenvalue weighted by Gasteiger charge is -2.27. The number of carbonyl (C=O) groups is 1. The van der Waals surface area contributed by atoms with Crippen LogP contribution >= 0.6 is 0 Å². The molecule has 1 aromatic heterocycles. The van der Waals surface area contributed by atoms with E-state index >= 15 is 0 Å². The minimum Gasteiger partial charge on any atom is -0.375 e. The van der Waals surface area contributed by atoms with Crippen molar-refractivity contribution in [2.45, 2.75) is 70.9 Å². The molecule has 0 unspecified atom stereocenters. The van der Waals surface area contributed by atoms with Gasteiger partial charge in [-0.3, -0.25) is 9.48 Å². The van der Waals surface area contributed by atoms with E-state index in [1.54, 1.807) is 0 Å². The van der Waals surface area contributed by atoms with Gasteiger partial charge in [0.05, 0.1) is 11.3 Å². The Kier molecular flexibility index (Phi) is 4.76. The van der Waals surface area contributed by atoms with E-state index in [2.05, 4.69) is 18.9 Å². The lowest BCUT2D eigenvalue weighted by atomic mass is 9.92. The summed E-state index contributed by atoms with van der Waals surface area (Å²) in [6.45, 7) is 9.51. The van der Waals surface area contributed by atoms with Crippen molar-refractivity contribution in [1.82, 2.24) is 14.7 Å². The lowest BCUT2D eigenvalue weighted by Crippen LogP contribution is -2.35. The van der Waals surface area contributed by atoms with Gasteiger partial charge in [-0.2, -0.15) is 5.10 Å². The number of aryl methyl sites for hydroxylation is 1. The van der Waals surface area contributed by atoms with Crippen molar-refractivity contribution >= 4 is 5.91 Å². The predicted molar refractivity (Wildman–Crippen MR) is 89.7 cm³/mol. The minimum absolute atomic E-state index is 0.0448. The van der Waals surface area contributed by atoms with E-state index in [4.69, 9.17) is 4.74 Å². The van der Waals surface area contributed by atoms with Crippen LogP contribution in [-0.4, -0.2) is 45.9 Å². The molecule has 0 aromatic carbocycles. The van der Waals surface area contributed by atoms with Crippen molar-refractivity contribution < 1.29 is 9.53 Å². The van der Waals surface area contributed by atoms with E-state index in [0.29, 0.717) is 5.92 Å². The molecule has 0 N–H and O–H groups in total. The fourth-order valence-corrected chi connectivity index (χ4v) is 3.81. The molecule has 3 heterocycles. The number of carbonyl (C=O) groups excluding carboxylic acids is 1. The molecule has 5 heteroatoms. The summed E-state index contributed by atoms with van der Waals surface area (Å²) < 4.78 is 7.87. The summed E-state index contributed by atoms with van der Waals surface area (Å²) in [7, 11) is 0. The third-order valence-corrected chi connectivity index (χ3v) is 5.28. The molecule has 1 atom stereocenters. The summed E-state index contributed by atoms with van der Waals surface area (Å²) in [5, 5.41) is 4.58. The molecule has 2 aliphatic rings. The molecule has 2 aliphatic heterocycles. The number of aromatic nitrogens is 2. The zero-order chi connectivity index (χ0) is 16.4. The van der Waals surface area contributed by atoms with Gasteiger partial charge in [0.15, 0.2) is 0 Å². The normalized spacial score (nSPS) is 25.3. The molecular weight excluding hydrogens is 290 g/mol. The van der Waals surface area contributed by atoms with Gasteiger partial charge < -0.3 is 9.64 Å². The second-order valence-electron chi connectivity index (χ2n) is 7.21. The molecule has 5 nitrogen and oxygen atoms in total. The SMILES string of the molecule is CCn1nc(C(C)C)cc1C(=O)N1CCC[C@]2(CCCO2)CC1. The van der Waals surface area contributed by atoms with Crippen LogP contribution in [0.2, 0.25) is 0 Å². The molecular formula is C18H29N3O2. The number of amides is 1. The van der Waals surface area contributed by atoms with Gasteiger partial charge in [-0.1, -0.05) is 13.8 Å². The number of nitrogens with zero attached hydrogens (tertiary/aromatic N) is 3. The van der Waals surface area contributed by atoms with E-state index in [-0.39, 0.29) is 11.5 Å². The highest BCUT2D eigenvalue weighted by atomic mass is 16.5. The first-order valence-corrected chi connectivity index (χ1v) is 9.05. The number of hydrogen-bond acceptors (Lipinski definition) is 3. The molecule has 128 valence electrons. The Morgan fingerprint density at radius 3 is 2.74 bits per heavy atom. The van der Waals surface area contributed by atoms with Gasteiger partial charge in [0.1, 0.15) is 5.69 Å². The van der Waals surface area contributed by atoms with Crippen LogP contribution in [0.15, 0.2) is 6.07 Å². The second kappa shape index (κ2) is 6.63. The van der Waals surface area contributed by atoms with Crippen molar-refractivity contribution in [3.05, 3.63) is 17.5 Å². The highest BCUT2D eigenvalue weighted by Gasteiger charge is 2.37. The maximum atomic E-state index is 13.0. The van der Waals surface area contributed by atoms with Gasteiger partial charge in [-0.25, -0.2) is 0 Å². The predicted octanol–water partition coefficient (Wildman–Crippen LogP) is 3.20. The quantitative estimate of drug-likeness (QED) is 0.859. The molecule has 0 radical (unpaired) electrons. The maximum Gasteiger partial charge on any atom is 0.272 e. The molecule has 1 amide bonds. The molecule has 0 bridgehead atoms. The first-order chi connectivity index (χ1) is 11.0. The van der Waals surface area contributed by atoms with Crippen LogP contribution in [0, 0.1) is 0 Å². The van der Waals surface area contributed by atoms with E-state index in [0.717, 1.165) is 69.7 Å². The van der Waals surface area contributed by atoms with Gasteiger partial charge in [-0.15, -0.1) is 0 Å². The van der Waals surface area contributed by atoms with Gasteiger partial charge in [0.2, 0.25) is 0 Å². The molecule has 0 aliphatic carbocycles. The van der Waals surface area contributed by atoms with E-state index in [1.165, 1.54) is 0 Å². The molecule has 3 rings (SSSR count). The summed E-state index contributed by atoms with van der Waals surface area (Å²) in [5.41, 5.74) is 1.78. The van der Waals surface area contributed by atoms with Gasteiger partial charge in [0, 0.05) is 26.2 Å². The maximum absolute atomic E-state index is 13.0. The van der Waals surface area contributed by atoms with Gasteiger partial charge >= 0.3 is 0 Å². The molecule has 23 heavy (non-hydrogen) atoms. The largest absolute Gasteiger partial charge is 0.375 e. The van der Waals surface area contributed by atoms with Crippen molar-refractivity contribution in [3.63, 3.8) is 0 Å². The van der Waals surface area contributed by atoms with Crippen LogP contribution in [-0.2, 0) is 11.3 Å². The van der Waals surface area contributed by atoms with Gasteiger partial charge in [0.25, 0.3) is 5.91 Å².